The van der Waals surface area contributed by atoms with Crippen LogP contribution in [0.1, 0.15) is 0 Å². The molecule has 0 aliphatic rings. The zero-order valence-corrected chi connectivity index (χ0v) is 16.6. The van der Waals surface area contributed by atoms with Crippen LogP contribution in [-0.4, -0.2) is 29.3 Å². The van der Waals surface area contributed by atoms with Crippen molar-refractivity contribution < 1.29 is 5.11 Å². The summed E-state index contributed by atoms with van der Waals surface area (Å²) in [6, 6.07) is 29.3. The van der Waals surface area contributed by atoms with Gasteiger partial charge in [-0.1, -0.05) is 18.2 Å². The van der Waals surface area contributed by atoms with Gasteiger partial charge in [0.2, 0.25) is 5.43 Å². The van der Waals surface area contributed by atoms with Crippen molar-refractivity contribution in [3.8, 4) is 5.75 Å². The van der Waals surface area contributed by atoms with Crippen LogP contribution in [0.25, 0.3) is 0 Å². The number of benzene rings is 2. The number of hydrogen-bond donors (Lipinski definition) is 1. The summed E-state index contributed by atoms with van der Waals surface area (Å²) in [6.45, 7) is 0. The van der Waals surface area contributed by atoms with Crippen molar-refractivity contribution in [2.75, 3.05) is 0 Å². The predicted molar refractivity (Wildman–Crippen MR) is 92.3 cm³/mol. The summed E-state index contributed by atoms with van der Waals surface area (Å²) >= 11 is -0.866. The van der Waals surface area contributed by atoms with E-state index in [1.165, 1.54) is 12.1 Å². The molecule has 0 amide bonds. The molecule has 3 rings (SSSR count). The third-order valence-electron chi connectivity index (χ3n) is 2.91. The van der Waals surface area contributed by atoms with Crippen molar-refractivity contribution in [1.82, 2.24) is 0 Å². The molecule has 3 aromatic rings. The molecule has 107 valence electrons. The number of hydrogen-bond acceptors (Lipinski definition) is 2. The van der Waals surface area contributed by atoms with Crippen molar-refractivity contribution in [2.45, 2.75) is 0 Å². The van der Waals surface area contributed by atoms with E-state index >= 15 is 0 Å². The van der Waals surface area contributed by atoms with Crippen molar-refractivity contribution in [3.63, 3.8) is 0 Å². The summed E-state index contributed by atoms with van der Waals surface area (Å²) in [4.78, 5) is 10.6. The van der Waals surface area contributed by atoms with Gasteiger partial charge in [0.15, 0.2) is 5.75 Å². The molecule has 3 aromatic carbocycles. The van der Waals surface area contributed by atoms with Gasteiger partial charge in [-0.05, 0) is 12.1 Å². The maximum absolute atomic E-state index is 10.6. The first-order valence-corrected chi connectivity index (χ1v) is 11.5. The van der Waals surface area contributed by atoms with E-state index in [1.807, 2.05) is 0 Å². The van der Waals surface area contributed by atoms with Crippen LogP contribution < -0.4 is 11.7 Å². The summed E-state index contributed by atoms with van der Waals surface area (Å²) in [5.74, 6) is -0.208. The minimum atomic E-state index is -0.866. The molecule has 0 aromatic heterocycles. The first-order valence-electron chi connectivity index (χ1n) is 6.99. The van der Waals surface area contributed by atoms with Crippen LogP contribution >= 0.6 is 0 Å². The van der Waals surface area contributed by atoms with E-state index < -0.39 is 24.2 Å². The van der Waals surface area contributed by atoms with Gasteiger partial charge < -0.3 is 5.11 Å². The fourth-order valence-electron chi connectivity index (χ4n) is 1.81. The third-order valence-corrected chi connectivity index (χ3v) is 8.49. The number of aromatic hydroxyl groups is 1. The monoisotopic (exact) mass is 481 g/mol. The van der Waals surface area contributed by atoms with Crippen LogP contribution in [0.4, 0.5) is 0 Å². The molecular formula is C19H16O2Tl. The predicted octanol–water partition coefficient (Wildman–Crippen LogP) is 2.09. The normalized spacial score (nSPS) is 9.09. The van der Waals surface area contributed by atoms with Gasteiger partial charge in [-0.15, -0.1) is 0 Å². The standard InChI is InChI=1S/C7H6O2.2C6H5.Tl/c8-6-4-2-1-3-5-7(6)9;2*1-2-4-6-5-3-1;/h1-5H,(H,8,9);2*1-5H;. The Labute approximate surface area is 142 Å². The number of rotatable bonds is 2. The van der Waals surface area contributed by atoms with Gasteiger partial charge in [0.25, 0.3) is 0 Å². The first kappa shape index (κ1) is 16.4. The molecule has 0 saturated heterocycles. The SMILES string of the molecule is O=c1cccccc1O.c1cc[c]([Tl][c]2ccccc2)cc1. The second-order valence-corrected chi connectivity index (χ2v) is 10.9. The Morgan fingerprint density at radius 2 is 1.00 bits per heavy atom. The molecule has 0 spiro atoms. The molecule has 0 unspecified atom stereocenters. The van der Waals surface area contributed by atoms with Gasteiger partial charge in [0.1, 0.15) is 0 Å². The molecule has 0 bridgehead atoms. The summed E-state index contributed by atoms with van der Waals surface area (Å²) in [5.41, 5.74) is -0.347. The summed E-state index contributed by atoms with van der Waals surface area (Å²) < 4.78 is 3.16. The second-order valence-electron chi connectivity index (χ2n) is 4.63. The molecule has 0 aliphatic heterocycles. The molecule has 22 heavy (non-hydrogen) atoms. The van der Waals surface area contributed by atoms with Crippen LogP contribution in [-0.2, 0) is 0 Å². The van der Waals surface area contributed by atoms with E-state index in [0.29, 0.717) is 0 Å². The van der Waals surface area contributed by atoms with Crippen molar-refractivity contribution in [3.05, 3.63) is 101 Å². The minimum absolute atomic E-state index is 0.208. The molecule has 0 radical (unpaired) electrons. The Bertz CT molecular complexity index is 706. The van der Waals surface area contributed by atoms with E-state index in [4.69, 9.17) is 5.11 Å². The van der Waals surface area contributed by atoms with Gasteiger partial charge in [-0.25, -0.2) is 0 Å². The average molecular weight is 481 g/mol. The van der Waals surface area contributed by atoms with E-state index in [-0.39, 0.29) is 11.2 Å². The molecule has 0 saturated carbocycles. The Kier molecular flexibility index (Phi) is 6.83. The summed E-state index contributed by atoms with van der Waals surface area (Å²) in [7, 11) is 0. The summed E-state index contributed by atoms with van der Waals surface area (Å²) in [5, 5.41) is 8.77. The molecule has 0 heterocycles. The quantitative estimate of drug-likeness (QED) is 0.571. The zero-order valence-electron chi connectivity index (χ0n) is 12.1. The van der Waals surface area contributed by atoms with Gasteiger partial charge in [-0.3, -0.25) is 4.79 Å². The van der Waals surface area contributed by atoms with Crippen molar-refractivity contribution >= 4 is 30.5 Å². The Morgan fingerprint density at radius 1 is 0.591 bits per heavy atom. The topological polar surface area (TPSA) is 37.3 Å². The van der Waals surface area contributed by atoms with Crippen LogP contribution in [0, 0.1) is 0 Å². The third kappa shape index (κ3) is 5.81. The molecule has 0 atom stereocenters. The van der Waals surface area contributed by atoms with Gasteiger partial charge >= 0.3 is 91.1 Å². The zero-order chi connectivity index (χ0) is 15.6. The van der Waals surface area contributed by atoms with Crippen LogP contribution in [0.5, 0.6) is 5.75 Å². The Morgan fingerprint density at radius 3 is 1.50 bits per heavy atom. The van der Waals surface area contributed by atoms with E-state index in [0.717, 1.165) is 0 Å². The average Bonchev–Trinajstić information content (AvgIpc) is 2.74. The fraction of sp³-hybridized carbons (Fsp3) is 0. The first-order chi connectivity index (χ1) is 10.8. The van der Waals surface area contributed by atoms with Gasteiger partial charge in [0.05, 0.1) is 0 Å². The fourth-order valence-corrected chi connectivity index (χ4v) is 6.53. The summed E-state index contributed by atoms with van der Waals surface area (Å²) in [6.07, 6.45) is 0. The van der Waals surface area contributed by atoms with Gasteiger partial charge in [0, 0.05) is 0 Å². The molecule has 0 fully saturated rings. The van der Waals surface area contributed by atoms with E-state index in [9.17, 15) is 4.79 Å². The molecule has 1 N–H and O–H groups in total. The molecular weight excluding hydrogens is 465 g/mol. The van der Waals surface area contributed by atoms with E-state index in [1.54, 1.807) is 24.4 Å². The Balaban J connectivity index is 0.000000172. The Hall–Kier alpha value is -1.95. The van der Waals surface area contributed by atoms with E-state index in [2.05, 4.69) is 60.7 Å². The molecule has 3 heteroatoms. The van der Waals surface area contributed by atoms with Crippen LogP contribution in [0.15, 0.2) is 95.8 Å². The van der Waals surface area contributed by atoms with Crippen molar-refractivity contribution in [2.24, 2.45) is 0 Å². The van der Waals surface area contributed by atoms with Crippen molar-refractivity contribution in [1.29, 1.82) is 0 Å². The van der Waals surface area contributed by atoms with Crippen LogP contribution in [0.2, 0.25) is 0 Å². The molecule has 0 aliphatic carbocycles. The van der Waals surface area contributed by atoms with Gasteiger partial charge in [-0.2, -0.15) is 0 Å². The molecule has 2 nitrogen and oxygen atoms in total. The van der Waals surface area contributed by atoms with Crippen LogP contribution in [0.3, 0.4) is 0 Å². The maximum atomic E-state index is 10.6. The second kappa shape index (κ2) is 9.15.